The van der Waals surface area contributed by atoms with Gasteiger partial charge in [0.1, 0.15) is 0 Å². The highest BCUT2D eigenvalue weighted by Crippen LogP contribution is 2.25. The minimum atomic E-state index is -0.369. The zero-order chi connectivity index (χ0) is 22.5. The number of phenols is 2. The van der Waals surface area contributed by atoms with E-state index in [1.807, 2.05) is 10.6 Å². The van der Waals surface area contributed by atoms with E-state index < -0.39 is 0 Å². The van der Waals surface area contributed by atoms with Crippen LogP contribution in [-0.4, -0.2) is 41.5 Å². The summed E-state index contributed by atoms with van der Waals surface area (Å²) < 4.78 is 4.36. The van der Waals surface area contributed by atoms with Crippen LogP contribution in [0.3, 0.4) is 0 Å². The molecule has 1 atom stereocenters. The molecule has 0 bridgehead atoms. The topological polar surface area (TPSA) is 114 Å². The van der Waals surface area contributed by atoms with Crippen molar-refractivity contribution in [1.82, 2.24) is 24.0 Å². The quantitative estimate of drug-likeness (QED) is 0.333. The highest BCUT2D eigenvalue weighted by molar-refractivity contribution is 5.69. The highest BCUT2D eigenvalue weighted by atomic mass is 16.3. The minimum absolute atomic E-state index is 0.0875. The van der Waals surface area contributed by atoms with Gasteiger partial charge in [-0.1, -0.05) is 18.9 Å². The summed E-state index contributed by atoms with van der Waals surface area (Å²) in [6, 6.07) is 5.19. The van der Waals surface area contributed by atoms with Crippen molar-refractivity contribution in [1.29, 1.82) is 0 Å². The lowest BCUT2D eigenvalue weighted by Crippen LogP contribution is -2.37. The predicted octanol–water partition coefficient (Wildman–Crippen LogP) is 1.63. The Morgan fingerprint density at radius 2 is 1.77 bits per heavy atom. The van der Waals surface area contributed by atoms with Crippen LogP contribution in [0.2, 0.25) is 0 Å². The summed E-state index contributed by atoms with van der Waals surface area (Å²) in [5.41, 5.74) is 1.20. The van der Waals surface area contributed by atoms with Gasteiger partial charge in [0, 0.05) is 26.7 Å². The molecule has 0 radical (unpaired) electrons. The molecule has 0 aliphatic carbocycles. The largest absolute Gasteiger partial charge is 0.504 e. The number of fused-ring (bicyclic) bond motifs is 1. The number of hydrogen-bond donors (Lipinski definition) is 3. The van der Waals surface area contributed by atoms with Crippen LogP contribution in [0.1, 0.15) is 38.2 Å². The maximum Gasteiger partial charge on any atom is 0.332 e. The SMILES string of the molecule is CC(Cc1ccc(O)c(O)c1)NCCCCCCn1cnc2c1c(=O)n(C)c(=O)n2C. The molecular weight excluding hydrogens is 398 g/mol. The number of aromatic hydroxyl groups is 2. The summed E-state index contributed by atoms with van der Waals surface area (Å²) in [6.45, 7) is 3.70. The first-order valence-corrected chi connectivity index (χ1v) is 10.6. The third-order valence-electron chi connectivity index (χ3n) is 5.62. The van der Waals surface area contributed by atoms with Crippen molar-refractivity contribution in [2.24, 2.45) is 14.1 Å². The molecule has 2 aromatic heterocycles. The molecule has 0 saturated heterocycles. The van der Waals surface area contributed by atoms with Gasteiger partial charge < -0.3 is 20.1 Å². The Hall–Kier alpha value is -3.07. The van der Waals surface area contributed by atoms with Crippen molar-refractivity contribution in [3.05, 3.63) is 50.9 Å². The molecule has 9 heteroatoms. The highest BCUT2D eigenvalue weighted by Gasteiger charge is 2.13. The number of aromatic nitrogens is 4. The molecule has 31 heavy (non-hydrogen) atoms. The number of aryl methyl sites for hydroxylation is 2. The van der Waals surface area contributed by atoms with E-state index in [9.17, 15) is 19.8 Å². The predicted molar refractivity (Wildman–Crippen MR) is 120 cm³/mol. The molecule has 1 aromatic carbocycles. The van der Waals surface area contributed by atoms with Crippen molar-refractivity contribution in [2.45, 2.75) is 51.6 Å². The molecule has 9 nitrogen and oxygen atoms in total. The molecule has 3 aromatic rings. The molecule has 2 heterocycles. The van der Waals surface area contributed by atoms with Gasteiger partial charge in [-0.25, -0.2) is 9.78 Å². The second-order valence-corrected chi connectivity index (χ2v) is 8.11. The first-order valence-electron chi connectivity index (χ1n) is 10.6. The third-order valence-corrected chi connectivity index (χ3v) is 5.62. The number of benzene rings is 1. The standard InChI is InChI=1S/C22H31N5O4/c1-15(12-16-8-9-17(28)18(29)13-16)23-10-6-4-5-7-11-27-14-24-20-19(27)21(30)26(3)22(31)25(20)2/h8-9,13-15,23,28-29H,4-7,10-12H2,1-3H3. The summed E-state index contributed by atoms with van der Waals surface area (Å²) in [5, 5.41) is 22.4. The van der Waals surface area contributed by atoms with Crippen LogP contribution in [0, 0.1) is 0 Å². The van der Waals surface area contributed by atoms with Crippen LogP contribution in [0.5, 0.6) is 11.5 Å². The van der Waals surface area contributed by atoms with Gasteiger partial charge in [0.15, 0.2) is 22.7 Å². The van der Waals surface area contributed by atoms with Crippen molar-refractivity contribution < 1.29 is 10.2 Å². The smallest absolute Gasteiger partial charge is 0.332 e. The molecule has 0 aliphatic rings. The normalized spacial score (nSPS) is 12.5. The maximum atomic E-state index is 12.4. The van der Waals surface area contributed by atoms with Crippen molar-refractivity contribution in [3.8, 4) is 11.5 Å². The van der Waals surface area contributed by atoms with Crippen molar-refractivity contribution in [3.63, 3.8) is 0 Å². The first-order chi connectivity index (χ1) is 14.8. The lowest BCUT2D eigenvalue weighted by atomic mass is 10.1. The van der Waals surface area contributed by atoms with E-state index >= 15 is 0 Å². The number of rotatable bonds is 10. The van der Waals surface area contributed by atoms with Gasteiger partial charge in [-0.15, -0.1) is 0 Å². The number of hydrogen-bond acceptors (Lipinski definition) is 6. The van der Waals surface area contributed by atoms with E-state index in [-0.39, 0.29) is 28.8 Å². The van der Waals surface area contributed by atoms with Crippen LogP contribution >= 0.6 is 0 Å². The lowest BCUT2D eigenvalue weighted by molar-refractivity contribution is 0.402. The van der Waals surface area contributed by atoms with Crippen LogP contribution in [-0.2, 0) is 27.1 Å². The molecular formula is C22H31N5O4. The summed E-state index contributed by atoms with van der Waals surface area (Å²) in [4.78, 5) is 28.7. The van der Waals surface area contributed by atoms with E-state index in [1.165, 1.54) is 17.7 Å². The Kier molecular flexibility index (Phi) is 7.17. The van der Waals surface area contributed by atoms with Gasteiger partial charge >= 0.3 is 5.69 Å². The van der Waals surface area contributed by atoms with E-state index in [4.69, 9.17) is 0 Å². The Morgan fingerprint density at radius 1 is 1.03 bits per heavy atom. The van der Waals surface area contributed by atoms with Crippen molar-refractivity contribution >= 4 is 11.2 Å². The van der Waals surface area contributed by atoms with E-state index in [0.717, 1.165) is 48.8 Å². The zero-order valence-electron chi connectivity index (χ0n) is 18.3. The second-order valence-electron chi connectivity index (χ2n) is 8.11. The van der Waals surface area contributed by atoms with E-state index in [0.29, 0.717) is 17.7 Å². The third kappa shape index (κ3) is 5.16. The zero-order valence-corrected chi connectivity index (χ0v) is 18.3. The molecule has 3 N–H and O–H groups in total. The van der Waals surface area contributed by atoms with Gasteiger partial charge in [-0.3, -0.25) is 13.9 Å². The Bertz CT molecular complexity index is 1160. The van der Waals surface area contributed by atoms with Gasteiger partial charge in [0.2, 0.25) is 0 Å². The number of nitrogens with zero attached hydrogens (tertiary/aromatic N) is 4. The average Bonchev–Trinajstić information content (AvgIpc) is 3.16. The molecule has 0 saturated carbocycles. The average molecular weight is 430 g/mol. The van der Waals surface area contributed by atoms with Gasteiger partial charge in [-0.05, 0) is 50.4 Å². The fourth-order valence-corrected chi connectivity index (χ4v) is 3.80. The summed E-state index contributed by atoms with van der Waals surface area (Å²) in [5.74, 6) is -0.187. The van der Waals surface area contributed by atoms with Crippen LogP contribution in [0.15, 0.2) is 34.1 Å². The molecule has 0 spiro atoms. The summed E-state index contributed by atoms with van der Waals surface area (Å²) in [6.07, 6.45) is 6.50. The van der Waals surface area contributed by atoms with Crippen LogP contribution in [0.25, 0.3) is 11.2 Å². The fraction of sp³-hybridized carbons (Fsp3) is 0.500. The second kappa shape index (κ2) is 9.82. The Balaban J connectivity index is 1.39. The molecule has 0 fully saturated rings. The van der Waals surface area contributed by atoms with E-state index in [2.05, 4.69) is 17.2 Å². The first kappa shape index (κ1) is 22.6. The molecule has 3 rings (SSSR count). The van der Waals surface area contributed by atoms with Crippen LogP contribution < -0.4 is 16.6 Å². The van der Waals surface area contributed by atoms with E-state index in [1.54, 1.807) is 19.4 Å². The van der Waals surface area contributed by atoms with Crippen molar-refractivity contribution in [2.75, 3.05) is 6.54 Å². The Labute approximate surface area is 180 Å². The summed E-state index contributed by atoms with van der Waals surface area (Å²) >= 11 is 0. The number of imidazole rings is 1. The van der Waals surface area contributed by atoms with Crippen LogP contribution in [0.4, 0.5) is 0 Å². The molecule has 1 unspecified atom stereocenters. The van der Waals surface area contributed by atoms with Gasteiger partial charge in [-0.2, -0.15) is 0 Å². The fourth-order valence-electron chi connectivity index (χ4n) is 3.80. The molecule has 0 aliphatic heterocycles. The maximum absolute atomic E-state index is 12.4. The number of unbranched alkanes of at least 4 members (excludes halogenated alkanes) is 3. The molecule has 0 amide bonds. The minimum Gasteiger partial charge on any atom is -0.504 e. The van der Waals surface area contributed by atoms with Gasteiger partial charge in [0.25, 0.3) is 5.56 Å². The molecule has 168 valence electrons. The van der Waals surface area contributed by atoms with Gasteiger partial charge in [0.05, 0.1) is 6.33 Å². The Morgan fingerprint density at radius 3 is 2.52 bits per heavy atom. The monoisotopic (exact) mass is 429 g/mol. The lowest BCUT2D eigenvalue weighted by Gasteiger charge is -2.14. The number of phenolic OH excluding ortho intramolecular Hbond substituents is 2. The number of nitrogens with one attached hydrogen (secondary N) is 1. The summed E-state index contributed by atoms with van der Waals surface area (Å²) in [7, 11) is 3.11.